The second kappa shape index (κ2) is 6.59. The first-order valence-electron chi connectivity index (χ1n) is 6.05. The zero-order valence-corrected chi connectivity index (χ0v) is 11.2. The molecule has 0 saturated carbocycles. The number of rotatable bonds is 7. The van der Waals surface area contributed by atoms with Gasteiger partial charge in [0.05, 0.1) is 5.41 Å². The Morgan fingerprint density at radius 1 is 1.41 bits per heavy atom. The highest BCUT2D eigenvalue weighted by molar-refractivity contribution is 5.86. The number of carboxylic acids is 1. The van der Waals surface area contributed by atoms with Gasteiger partial charge < -0.3 is 15.7 Å². The van der Waals surface area contributed by atoms with Crippen molar-refractivity contribution in [2.24, 2.45) is 11.1 Å². The Morgan fingerprint density at radius 3 is 2.24 bits per heavy atom. The maximum atomic E-state index is 12.3. The molecule has 17 heavy (non-hydrogen) atoms. The van der Waals surface area contributed by atoms with Gasteiger partial charge >= 0.3 is 5.97 Å². The molecule has 0 aromatic heterocycles. The number of nitrogens with zero attached hydrogens (tertiary/aromatic N) is 1. The monoisotopic (exact) mass is 244 g/mol. The first-order valence-corrected chi connectivity index (χ1v) is 6.05. The van der Waals surface area contributed by atoms with Gasteiger partial charge in [-0.2, -0.15) is 0 Å². The lowest BCUT2D eigenvalue weighted by Gasteiger charge is -2.35. The largest absolute Gasteiger partial charge is 0.480 e. The molecule has 1 amide bonds. The molecule has 2 atom stereocenters. The van der Waals surface area contributed by atoms with E-state index in [2.05, 4.69) is 0 Å². The van der Waals surface area contributed by atoms with Crippen molar-refractivity contribution in [2.75, 3.05) is 13.1 Å². The zero-order valence-electron chi connectivity index (χ0n) is 11.2. The first-order chi connectivity index (χ1) is 7.82. The van der Waals surface area contributed by atoms with Crippen molar-refractivity contribution in [3.63, 3.8) is 0 Å². The van der Waals surface area contributed by atoms with Crippen LogP contribution in [0.15, 0.2) is 0 Å². The van der Waals surface area contributed by atoms with Crippen LogP contribution in [0.4, 0.5) is 0 Å². The van der Waals surface area contributed by atoms with Crippen LogP contribution in [-0.2, 0) is 9.59 Å². The second-order valence-electron chi connectivity index (χ2n) is 4.70. The number of amides is 1. The second-order valence-corrected chi connectivity index (χ2v) is 4.70. The molecular weight excluding hydrogens is 220 g/mol. The number of carbonyl (C=O) groups is 2. The van der Waals surface area contributed by atoms with Crippen LogP contribution >= 0.6 is 0 Å². The van der Waals surface area contributed by atoms with Crippen molar-refractivity contribution in [3.05, 3.63) is 0 Å². The molecule has 0 aromatic carbocycles. The van der Waals surface area contributed by atoms with Gasteiger partial charge in [-0.05, 0) is 26.7 Å². The van der Waals surface area contributed by atoms with Crippen LogP contribution in [0.5, 0.6) is 0 Å². The third kappa shape index (κ3) is 4.00. The smallest absolute Gasteiger partial charge is 0.323 e. The van der Waals surface area contributed by atoms with E-state index < -0.39 is 11.4 Å². The highest BCUT2D eigenvalue weighted by Crippen LogP contribution is 2.24. The predicted molar refractivity (Wildman–Crippen MR) is 66.6 cm³/mol. The normalized spacial score (nSPS) is 16.1. The molecule has 0 rings (SSSR count). The van der Waals surface area contributed by atoms with E-state index in [-0.39, 0.29) is 25.0 Å². The third-order valence-electron chi connectivity index (χ3n) is 3.44. The van der Waals surface area contributed by atoms with Crippen molar-refractivity contribution in [2.45, 2.75) is 46.6 Å². The molecule has 0 aliphatic heterocycles. The lowest BCUT2D eigenvalue weighted by molar-refractivity contribution is -0.151. The molecule has 0 bridgehead atoms. The van der Waals surface area contributed by atoms with Gasteiger partial charge in [0.2, 0.25) is 5.91 Å². The van der Waals surface area contributed by atoms with Gasteiger partial charge in [0, 0.05) is 12.6 Å². The molecule has 2 unspecified atom stereocenters. The summed E-state index contributed by atoms with van der Waals surface area (Å²) in [5, 5.41) is 8.86. The Bertz CT molecular complexity index is 275. The summed E-state index contributed by atoms with van der Waals surface area (Å²) in [6.45, 7) is 7.43. The minimum Gasteiger partial charge on any atom is -0.480 e. The van der Waals surface area contributed by atoms with Gasteiger partial charge in [-0.25, -0.2) is 0 Å². The van der Waals surface area contributed by atoms with Crippen molar-refractivity contribution in [1.29, 1.82) is 0 Å². The van der Waals surface area contributed by atoms with E-state index in [1.165, 1.54) is 4.90 Å². The number of hydrogen-bond acceptors (Lipinski definition) is 3. The van der Waals surface area contributed by atoms with Crippen LogP contribution in [0.1, 0.15) is 40.5 Å². The van der Waals surface area contributed by atoms with Crippen molar-refractivity contribution in [3.8, 4) is 0 Å². The van der Waals surface area contributed by atoms with Crippen LogP contribution in [0.2, 0.25) is 0 Å². The summed E-state index contributed by atoms with van der Waals surface area (Å²) in [7, 11) is 0. The lowest BCUT2D eigenvalue weighted by Crippen LogP contribution is -2.51. The van der Waals surface area contributed by atoms with Gasteiger partial charge in [0.15, 0.2) is 0 Å². The number of carbonyl (C=O) groups excluding carboxylic acids is 1. The van der Waals surface area contributed by atoms with Crippen LogP contribution in [0.3, 0.4) is 0 Å². The predicted octanol–water partition coefficient (Wildman–Crippen LogP) is 1.07. The summed E-state index contributed by atoms with van der Waals surface area (Å²) in [5.41, 5.74) is 4.97. The van der Waals surface area contributed by atoms with Gasteiger partial charge in [0.1, 0.15) is 6.54 Å². The summed E-state index contributed by atoms with van der Waals surface area (Å²) in [5.74, 6) is -1.16. The Hall–Kier alpha value is -1.10. The van der Waals surface area contributed by atoms with E-state index >= 15 is 0 Å². The van der Waals surface area contributed by atoms with Crippen LogP contribution in [0, 0.1) is 5.41 Å². The first kappa shape index (κ1) is 15.9. The summed E-state index contributed by atoms with van der Waals surface area (Å²) in [6.07, 6.45) is 1.33. The average Bonchev–Trinajstić information content (AvgIpc) is 2.32. The molecular formula is C12H24N2O3. The van der Waals surface area contributed by atoms with Gasteiger partial charge in [0.25, 0.3) is 0 Å². The fourth-order valence-electron chi connectivity index (χ4n) is 1.52. The highest BCUT2D eigenvalue weighted by atomic mass is 16.4. The van der Waals surface area contributed by atoms with E-state index in [4.69, 9.17) is 10.8 Å². The lowest BCUT2D eigenvalue weighted by atomic mass is 9.85. The quantitative estimate of drug-likeness (QED) is 0.701. The summed E-state index contributed by atoms with van der Waals surface area (Å²) < 4.78 is 0. The van der Waals surface area contributed by atoms with E-state index in [0.29, 0.717) is 6.42 Å². The van der Waals surface area contributed by atoms with Crippen LogP contribution in [0.25, 0.3) is 0 Å². The fraction of sp³-hybridized carbons (Fsp3) is 0.833. The zero-order chi connectivity index (χ0) is 13.6. The van der Waals surface area contributed by atoms with E-state index in [1.54, 1.807) is 6.92 Å². The van der Waals surface area contributed by atoms with Crippen molar-refractivity contribution >= 4 is 11.9 Å². The SMILES string of the molecule is CCC(C)N(CC(=O)O)C(=O)C(C)(CC)CN. The van der Waals surface area contributed by atoms with Crippen LogP contribution in [-0.4, -0.2) is 41.0 Å². The maximum absolute atomic E-state index is 12.3. The molecule has 0 heterocycles. The van der Waals surface area contributed by atoms with E-state index in [0.717, 1.165) is 6.42 Å². The molecule has 100 valence electrons. The Morgan fingerprint density at radius 2 is 1.94 bits per heavy atom. The third-order valence-corrected chi connectivity index (χ3v) is 3.44. The minimum absolute atomic E-state index is 0.0870. The molecule has 0 radical (unpaired) electrons. The molecule has 0 saturated heterocycles. The van der Waals surface area contributed by atoms with Gasteiger partial charge in [-0.1, -0.05) is 13.8 Å². The molecule has 0 aliphatic carbocycles. The molecule has 3 N–H and O–H groups in total. The van der Waals surface area contributed by atoms with Gasteiger partial charge in [-0.15, -0.1) is 0 Å². The number of carboxylic acid groups (broad SMARTS) is 1. The Kier molecular flexibility index (Phi) is 6.16. The van der Waals surface area contributed by atoms with Gasteiger partial charge in [-0.3, -0.25) is 9.59 Å². The molecule has 5 nitrogen and oxygen atoms in total. The Labute approximate surface area is 103 Å². The fourth-order valence-corrected chi connectivity index (χ4v) is 1.52. The van der Waals surface area contributed by atoms with E-state index in [9.17, 15) is 9.59 Å². The highest BCUT2D eigenvalue weighted by Gasteiger charge is 2.36. The topological polar surface area (TPSA) is 83.6 Å². The van der Waals surface area contributed by atoms with E-state index in [1.807, 2.05) is 20.8 Å². The molecule has 0 spiro atoms. The average molecular weight is 244 g/mol. The summed E-state index contributed by atoms with van der Waals surface area (Å²) in [4.78, 5) is 24.6. The maximum Gasteiger partial charge on any atom is 0.323 e. The number of aliphatic carboxylic acids is 1. The number of nitrogens with two attached hydrogens (primary N) is 1. The number of hydrogen-bond donors (Lipinski definition) is 2. The Balaban J connectivity index is 5.04. The molecule has 5 heteroatoms. The summed E-state index contributed by atoms with van der Waals surface area (Å²) >= 11 is 0. The summed E-state index contributed by atoms with van der Waals surface area (Å²) in [6, 6.07) is -0.0870. The van der Waals surface area contributed by atoms with Crippen LogP contribution < -0.4 is 5.73 Å². The minimum atomic E-state index is -0.992. The molecule has 0 fully saturated rings. The van der Waals surface area contributed by atoms with Crippen molar-refractivity contribution in [1.82, 2.24) is 4.90 Å². The molecule has 0 aliphatic rings. The molecule has 0 aromatic rings. The van der Waals surface area contributed by atoms with Crippen molar-refractivity contribution < 1.29 is 14.7 Å². The standard InChI is InChI=1S/C12H24N2O3/c1-5-9(3)14(7-10(15)16)11(17)12(4,6-2)8-13/h9H,5-8,13H2,1-4H3,(H,15,16).